The van der Waals surface area contributed by atoms with Gasteiger partial charge in [-0.05, 0) is 38.6 Å². The highest BCUT2D eigenvalue weighted by atomic mass is 16.5. The summed E-state index contributed by atoms with van der Waals surface area (Å²) in [5, 5.41) is 3.49. The Bertz CT molecular complexity index is 322. The summed E-state index contributed by atoms with van der Waals surface area (Å²) in [6.07, 6.45) is 11.5. The van der Waals surface area contributed by atoms with Crippen molar-refractivity contribution in [3.8, 4) is 0 Å². The van der Waals surface area contributed by atoms with Crippen molar-refractivity contribution in [3.63, 3.8) is 0 Å². The van der Waals surface area contributed by atoms with Gasteiger partial charge in [-0.25, -0.2) is 0 Å². The van der Waals surface area contributed by atoms with Crippen LogP contribution in [-0.4, -0.2) is 25.2 Å². The molecule has 3 atom stereocenters. The van der Waals surface area contributed by atoms with Crippen LogP contribution in [0, 0.1) is 11.8 Å². The van der Waals surface area contributed by atoms with E-state index in [9.17, 15) is 4.79 Å². The molecule has 2 rings (SSSR count). The monoisotopic (exact) mass is 235 g/mol. The molecule has 2 aliphatic rings. The van der Waals surface area contributed by atoms with Crippen molar-refractivity contribution in [2.75, 3.05) is 13.2 Å². The number of carbonyl (C=O) groups excluding carboxylic acids is 1. The second-order valence-electron chi connectivity index (χ2n) is 4.69. The molecule has 0 aromatic heterocycles. The van der Waals surface area contributed by atoms with E-state index in [4.69, 9.17) is 4.74 Å². The van der Waals surface area contributed by atoms with Crippen LogP contribution in [0.1, 0.15) is 26.2 Å². The molecule has 0 saturated carbocycles. The molecular weight excluding hydrogens is 214 g/mol. The molecule has 0 bridgehead atoms. The van der Waals surface area contributed by atoms with Gasteiger partial charge in [0.05, 0.1) is 12.5 Å². The lowest BCUT2D eigenvalue weighted by atomic mass is 9.80. The molecule has 1 saturated heterocycles. The van der Waals surface area contributed by atoms with Gasteiger partial charge in [0, 0.05) is 6.04 Å². The van der Waals surface area contributed by atoms with Crippen LogP contribution in [0.4, 0.5) is 0 Å². The molecule has 1 heterocycles. The minimum atomic E-state index is -0.0346. The molecule has 1 aliphatic carbocycles. The third kappa shape index (κ3) is 2.97. The number of esters is 1. The summed E-state index contributed by atoms with van der Waals surface area (Å²) in [6.45, 7) is 3.35. The van der Waals surface area contributed by atoms with Gasteiger partial charge in [0.2, 0.25) is 0 Å². The maximum absolute atomic E-state index is 11.9. The highest BCUT2D eigenvalue weighted by Gasteiger charge is 2.35. The average molecular weight is 235 g/mol. The smallest absolute Gasteiger partial charge is 0.310 e. The molecule has 0 amide bonds. The Morgan fingerprint density at radius 3 is 3.06 bits per heavy atom. The van der Waals surface area contributed by atoms with Gasteiger partial charge in [-0.2, -0.15) is 0 Å². The number of rotatable bonds is 3. The molecule has 94 valence electrons. The topological polar surface area (TPSA) is 38.3 Å². The van der Waals surface area contributed by atoms with Crippen LogP contribution in [0.5, 0.6) is 0 Å². The molecule has 0 aromatic rings. The number of nitrogens with one attached hydrogen (secondary N) is 1. The summed E-state index contributed by atoms with van der Waals surface area (Å²) in [5.41, 5.74) is 0. The Morgan fingerprint density at radius 2 is 2.35 bits per heavy atom. The van der Waals surface area contributed by atoms with Gasteiger partial charge >= 0.3 is 5.97 Å². The fourth-order valence-electron chi connectivity index (χ4n) is 2.74. The van der Waals surface area contributed by atoms with Crippen molar-refractivity contribution in [2.45, 2.75) is 32.2 Å². The zero-order chi connectivity index (χ0) is 12.1. The van der Waals surface area contributed by atoms with Crippen LogP contribution in [-0.2, 0) is 9.53 Å². The Labute approximate surface area is 103 Å². The van der Waals surface area contributed by atoms with Crippen molar-refractivity contribution < 1.29 is 9.53 Å². The predicted molar refractivity (Wildman–Crippen MR) is 67.5 cm³/mol. The third-order valence-corrected chi connectivity index (χ3v) is 3.57. The Hall–Kier alpha value is -1.09. The molecule has 0 aromatic carbocycles. The number of piperidine rings is 1. The molecule has 1 aliphatic heterocycles. The standard InChI is InChI=1S/C14H21NO2/c1-2-17-14(16)12-9-6-10-15-13(12)11-7-4-3-5-8-11/h3-5,7,11-13,15H,2,6,8-10H2,1H3/t11-,12+,13?/m1/s1. The summed E-state index contributed by atoms with van der Waals surface area (Å²) in [4.78, 5) is 11.9. The third-order valence-electron chi connectivity index (χ3n) is 3.57. The van der Waals surface area contributed by atoms with E-state index in [1.807, 2.05) is 6.92 Å². The Balaban J connectivity index is 2.03. The molecule has 1 fully saturated rings. The van der Waals surface area contributed by atoms with Crippen LogP contribution < -0.4 is 5.32 Å². The van der Waals surface area contributed by atoms with Crippen molar-refractivity contribution in [1.82, 2.24) is 5.32 Å². The maximum Gasteiger partial charge on any atom is 0.310 e. The van der Waals surface area contributed by atoms with Gasteiger partial charge in [-0.3, -0.25) is 4.79 Å². The Morgan fingerprint density at radius 1 is 1.47 bits per heavy atom. The Kier molecular flexibility index (Phi) is 4.37. The summed E-state index contributed by atoms with van der Waals surface area (Å²) in [6, 6.07) is 0.240. The van der Waals surface area contributed by atoms with E-state index < -0.39 is 0 Å². The lowest BCUT2D eigenvalue weighted by Crippen LogP contribution is -2.49. The first kappa shape index (κ1) is 12.4. The fourth-order valence-corrected chi connectivity index (χ4v) is 2.74. The number of hydrogen-bond acceptors (Lipinski definition) is 3. The first-order chi connectivity index (χ1) is 8.33. The number of ether oxygens (including phenoxy) is 1. The molecule has 0 spiro atoms. The van der Waals surface area contributed by atoms with Crippen molar-refractivity contribution in [3.05, 3.63) is 24.3 Å². The van der Waals surface area contributed by atoms with Crippen LogP contribution in [0.3, 0.4) is 0 Å². The molecular formula is C14H21NO2. The second-order valence-corrected chi connectivity index (χ2v) is 4.69. The lowest BCUT2D eigenvalue weighted by Gasteiger charge is -2.35. The van der Waals surface area contributed by atoms with E-state index in [2.05, 4.69) is 29.6 Å². The van der Waals surface area contributed by atoms with Gasteiger partial charge in [-0.15, -0.1) is 0 Å². The van der Waals surface area contributed by atoms with E-state index in [1.165, 1.54) is 0 Å². The highest BCUT2D eigenvalue weighted by Crippen LogP contribution is 2.28. The molecule has 17 heavy (non-hydrogen) atoms. The van der Waals surface area contributed by atoms with Crippen molar-refractivity contribution in [1.29, 1.82) is 0 Å². The van der Waals surface area contributed by atoms with Gasteiger partial charge in [0.1, 0.15) is 0 Å². The molecule has 1 unspecified atom stereocenters. The molecule has 1 N–H and O–H groups in total. The summed E-state index contributed by atoms with van der Waals surface area (Å²) in [7, 11) is 0. The predicted octanol–water partition coefficient (Wildman–Crippen LogP) is 2.05. The first-order valence-electron chi connectivity index (χ1n) is 6.56. The van der Waals surface area contributed by atoms with E-state index in [1.54, 1.807) is 0 Å². The average Bonchev–Trinajstić information content (AvgIpc) is 2.40. The first-order valence-corrected chi connectivity index (χ1v) is 6.56. The zero-order valence-corrected chi connectivity index (χ0v) is 10.4. The van der Waals surface area contributed by atoms with Crippen LogP contribution in [0.25, 0.3) is 0 Å². The SMILES string of the molecule is CCOC(=O)[C@H]1CCCNC1[C@@H]1C=CC=CC1. The quantitative estimate of drug-likeness (QED) is 0.761. The van der Waals surface area contributed by atoms with E-state index in [0.29, 0.717) is 12.5 Å². The van der Waals surface area contributed by atoms with Crippen LogP contribution in [0.15, 0.2) is 24.3 Å². The van der Waals surface area contributed by atoms with Gasteiger partial charge in [0.25, 0.3) is 0 Å². The number of hydrogen-bond donors (Lipinski definition) is 1. The van der Waals surface area contributed by atoms with Gasteiger partial charge in [0.15, 0.2) is 0 Å². The maximum atomic E-state index is 11.9. The van der Waals surface area contributed by atoms with Crippen molar-refractivity contribution >= 4 is 5.97 Å². The van der Waals surface area contributed by atoms with Gasteiger partial charge < -0.3 is 10.1 Å². The minimum Gasteiger partial charge on any atom is -0.466 e. The van der Waals surface area contributed by atoms with Gasteiger partial charge in [-0.1, -0.05) is 24.3 Å². The van der Waals surface area contributed by atoms with Crippen molar-refractivity contribution in [2.24, 2.45) is 11.8 Å². The van der Waals surface area contributed by atoms with E-state index >= 15 is 0 Å². The highest BCUT2D eigenvalue weighted by molar-refractivity contribution is 5.73. The molecule has 0 radical (unpaired) electrons. The summed E-state index contributed by atoms with van der Waals surface area (Å²) >= 11 is 0. The fraction of sp³-hybridized carbons (Fsp3) is 0.643. The molecule has 3 heteroatoms. The van der Waals surface area contributed by atoms with E-state index in [-0.39, 0.29) is 17.9 Å². The summed E-state index contributed by atoms with van der Waals surface area (Å²) < 4.78 is 5.18. The number of carbonyl (C=O) groups is 1. The largest absolute Gasteiger partial charge is 0.466 e. The second kappa shape index (κ2) is 6.01. The van der Waals surface area contributed by atoms with Crippen LogP contribution >= 0.6 is 0 Å². The van der Waals surface area contributed by atoms with E-state index in [0.717, 1.165) is 25.8 Å². The lowest BCUT2D eigenvalue weighted by molar-refractivity contribution is -0.150. The molecule has 3 nitrogen and oxygen atoms in total. The minimum absolute atomic E-state index is 0.0184. The zero-order valence-electron chi connectivity index (χ0n) is 10.4. The number of allylic oxidation sites excluding steroid dienone is 3. The normalized spacial score (nSPS) is 32.4. The summed E-state index contributed by atoms with van der Waals surface area (Å²) in [5.74, 6) is 0.409. The van der Waals surface area contributed by atoms with Crippen LogP contribution in [0.2, 0.25) is 0 Å².